The van der Waals surface area contributed by atoms with E-state index in [-0.39, 0.29) is 23.9 Å². The number of aromatic nitrogens is 2. The van der Waals surface area contributed by atoms with Crippen molar-refractivity contribution in [1.82, 2.24) is 9.97 Å². The molecule has 1 heterocycles. The van der Waals surface area contributed by atoms with E-state index in [1.807, 2.05) is 36.4 Å². The van der Waals surface area contributed by atoms with Crippen molar-refractivity contribution in [2.75, 3.05) is 0 Å². The van der Waals surface area contributed by atoms with Crippen LogP contribution in [0.1, 0.15) is 11.1 Å². The van der Waals surface area contributed by atoms with Crippen LogP contribution >= 0.6 is 0 Å². The number of ether oxygens (including phenoxy) is 2. The van der Waals surface area contributed by atoms with Crippen LogP contribution in [0.2, 0.25) is 0 Å². The van der Waals surface area contributed by atoms with Gasteiger partial charge in [-0.15, -0.1) is 0 Å². The predicted molar refractivity (Wildman–Crippen MR) is 90.7 cm³/mol. The molecule has 0 bridgehead atoms. The second kappa shape index (κ2) is 7.72. The Labute approximate surface area is 148 Å². The lowest BCUT2D eigenvalue weighted by Crippen LogP contribution is -2.00. The third kappa shape index (κ3) is 3.91. The van der Waals surface area contributed by atoms with E-state index in [0.29, 0.717) is 11.3 Å². The molecule has 2 aromatic carbocycles. The third-order valence-corrected chi connectivity index (χ3v) is 3.37. The van der Waals surface area contributed by atoms with Crippen LogP contribution in [0.15, 0.2) is 61.1 Å². The Morgan fingerprint density at radius 1 is 1.15 bits per heavy atom. The highest BCUT2D eigenvalue weighted by Gasteiger charge is 2.19. The van der Waals surface area contributed by atoms with Crippen molar-refractivity contribution < 1.29 is 14.4 Å². The monoisotopic (exact) mass is 348 g/mol. The van der Waals surface area contributed by atoms with Crippen molar-refractivity contribution in [3.05, 3.63) is 82.3 Å². The summed E-state index contributed by atoms with van der Waals surface area (Å²) < 4.78 is 11.3. The maximum Gasteiger partial charge on any atom is 0.349 e. The molecule has 26 heavy (non-hydrogen) atoms. The highest BCUT2D eigenvalue weighted by Crippen LogP contribution is 2.35. The topological polar surface area (TPSA) is 111 Å². The van der Waals surface area contributed by atoms with Crippen LogP contribution in [0.25, 0.3) is 0 Å². The minimum atomic E-state index is -0.645. The van der Waals surface area contributed by atoms with E-state index in [0.717, 1.165) is 18.1 Å². The summed E-state index contributed by atoms with van der Waals surface area (Å²) in [5, 5.41) is 20.2. The lowest BCUT2D eigenvalue weighted by molar-refractivity contribution is -0.386. The second-order valence-electron chi connectivity index (χ2n) is 5.12. The van der Waals surface area contributed by atoms with Gasteiger partial charge >= 0.3 is 11.6 Å². The van der Waals surface area contributed by atoms with E-state index in [1.54, 1.807) is 12.1 Å². The quantitative estimate of drug-likeness (QED) is 0.494. The zero-order chi connectivity index (χ0) is 18.4. The summed E-state index contributed by atoms with van der Waals surface area (Å²) in [6.07, 6.45) is 2.18. The summed E-state index contributed by atoms with van der Waals surface area (Å²) in [6.45, 7) is 0.273. The number of nitrogens with zero attached hydrogens (tertiary/aromatic N) is 4. The van der Waals surface area contributed by atoms with Crippen molar-refractivity contribution in [1.29, 1.82) is 5.26 Å². The first-order chi connectivity index (χ1) is 12.7. The molecule has 0 amide bonds. The molecule has 0 N–H and O–H groups in total. The molecular weight excluding hydrogens is 336 g/mol. The van der Waals surface area contributed by atoms with Gasteiger partial charge in [-0.2, -0.15) is 10.2 Å². The normalized spacial score (nSPS) is 9.96. The summed E-state index contributed by atoms with van der Waals surface area (Å²) in [5.41, 5.74) is 0.878. The lowest BCUT2D eigenvalue weighted by atomic mass is 10.2. The maximum atomic E-state index is 11.1. The van der Waals surface area contributed by atoms with Crippen LogP contribution in [0.5, 0.6) is 17.4 Å². The molecule has 8 heteroatoms. The van der Waals surface area contributed by atoms with Gasteiger partial charge in [-0.25, -0.2) is 4.98 Å². The van der Waals surface area contributed by atoms with Gasteiger partial charge in [-0.05, 0) is 17.7 Å². The summed E-state index contributed by atoms with van der Waals surface area (Å²) in [6, 6.07) is 16.0. The molecule has 0 saturated heterocycles. The largest absolute Gasteiger partial charge is 0.485 e. The fourth-order valence-corrected chi connectivity index (χ4v) is 2.13. The molecule has 0 fully saturated rings. The first-order valence-electron chi connectivity index (χ1n) is 7.50. The molecule has 0 saturated carbocycles. The Kier molecular flexibility index (Phi) is 5.00. The van der Waals surface area contributed by atoms with Crippen molar-refractivity contribution in [2.24, 2.45) is 0 Å². The van der Waals surface area contributed by atoms with Gasteiger partial charge in [0.05, 0.1) is 16.6 Å². The standard InChI is InChI=1S/C18H12N4O4/c19-9-14-6-7-16(25-11-13-4-2-1-3-5-13)17(8-14)26-18-15(22(23)24)10-20-12-21-18/h1-8,10,12H,11H2. The molecule has 8 nitrogen and oxygen atoms in total. The van der Waals surface area contributed by atoms with Crippen LogP contribution in [0.4, 0.5) is 5.69 Å². The van der Waals surface area contributed by atoms with E-state index in [9.17, 15) is 10.1 Å². The maximum absolute atomic E-state index is 11.1. The van der Waals surface area contributed by atoms with Crippen molar-refractivity contribution in [3.8, 4) is 23.4 Å². The molecule has 128 valence electrons. The molecule has 0 aliphatic rings. The zero-order valence-electron chi connectivity index (χ0n) is 13.4. The SMILES string of the molecule is N#Cc1ccc(OCc2ccccc2)c(Oc2ncncc2[N+](=O)[O-])c1. The molecule has 0 atom stereocenters. The van der Waals surface area contributed by atoms with Crippen LogP contribution in [-0.4, -0.2) is 14.9 Å². The van der Waals surface area contributed by atoms with Crippen molar-refractivity contribution >= 4 is 5.69 Å². The minimum absolute atomic E-state index is 0.154. The van der Waals surface area contributed by atoms with Crippen LogP contribution in [0.3, 0.4) is 0 Å². The average Bonchev–Trinajstić information content (AvgIpc) is 2.68. The fraction of sp³-hybridized carbons (Fsp3) is 0.0556. The number of nitro groups is 1. The number of hydrogen-bond donors (Lipinski definition) is 0. The predicted octanol–water partition coefficient (Wildman–Crippen LogP) is 3.63. The number of hydrogen-bond acceptors (Lipinski definition) is 7. The Bertz CT molecular complexity index is 970. The molecule has 1 aromatic heterocycles. The van der Waals surface area contributed by atoms with Crippen LogP contribution < -0.4 is 9.47 Å². The van der Waals surface area contributed by atoms with Gasteiger partial charge < -0.3 is 9.47 Å². The Hall–Kier alpha value is -3.99. The fourth-order valence-electron chi connectivity index (χ4n) is 2.13. The highest BCUT2D eigenvalue weighted by molar-refractivity contribution is 5.50. The van der Waals surface area contributed by atoms with E-state index in [4.69, 9.17) is 14.7 Å². The first-order valence-corrected chi connectivity index (χ1v) is 7.50. The van der Waals surface area contributed by atoms with Gasteiger partial charge in [0.2, 0.25) is 0 Å². The van der Waals surface area contributed by atoms with E-state index >= 15 is 0 Å². The molecule has 0 spiro atoms. The van der Waals surface area contributed by atoms with Crippen molar-refractivity contribution in [3.63, 3.8) is 0 Å². The highest BCUT2D eigenvalue weighted by atomic mass is 16.6. The average molecular weight is 348 g/mol. The molecule has 3 aromatic rings. The van der Waals surface area contributed by atoms with Gasteiger partial charge in [-0.3, -0.25) is 10.1 Å². The number of rotatable bonds is 6. The Morgan fingerprint density at radius 3 is 2.69 bits per heavy atom. The smallest absolute Gasteiger partial charge is 0.349 e. The van der Waals surface area contributed by atoms with Crippen LogP contribution in [-0.2, 0) is 6.61 Å². The van der Waals surface area contributed by atoms with E-state index in [2.05, 4.69) is 9.97 Å². The summed E-state index contributed by atoms with van der Waals surface area (Å²) >= 11 is 0. The molecule has 0 aliphatic heterocycles. The summed E-state index contributed by atoms with van der Waals surface area (Å²) in [4.78, 5) is 17.9. The zero-order valence-corrected chi connectivity index (χ0v) is 13.4. The first kappa shape index (κ1) is 16.9. The molecule has 0 aliphatic carbocycles. The van der Waals surface area contributed by atoms with Gasteiger partial charge in [0.25, 0.3) is 0 Å². The lowest BCUT2D eigenvalue weighted by Gasteiger charge is -2.12. The third-order valence-electron chi connectivity index (χ3n) is 3.37. The van der Waals surface area contributed by atoms with Gasteiger partial charge in [-0.1, -0.05) is 30.3 Å². The molecule has 0 unspecified atom stereocenters. The number of nitriles is 1. The Balaban J connectivity index is 1.90. The van der Waals surface area contributed by atoms with E-state index in [1.165, 1.54) is 6.07 Å². The van der Waals surface area contributed by atoms with E-state index < -0.39 is 4.92 Å². The molecule has 0 radical (unpaired) electrons. The molecular formula is C18H12N4O4. The second-order valence-corrected chi connectivity index (χ2v) is 5.12. The minimum Gasteiger partial charge on any atom is -0.485 e. The van der Waals surface area contributed by atoms with Crippen LogP contribution in [0, 0.1) is 21.4 Å². The number of benzene rings is 2. The molecule has 3 rings (SSSR count). The van der Waals surface area contributed by atoms with Gasteiger partial charge in [0.1, 0.15) is 19.1 Å². The summed E-state index contributed by atoms with van der Waals surface area (Å²) in [7, 11) is 0. The van der Waals surface area contributed by atoms with Gasteiger partial charge in [0, 0.05) is 6.07 Å². The van der Waals surface area contributed by atoms with Gasteiger partial charge in [0.15, 0.2) is 11.5 Å². The Morgan fingerprint density at radius 2 is 1.96 bits per heavy atom. The summed E-state index contributed by atoms with van der Waals surface area (Å²) in [5.74, 6) is 0.257. The van der Waals surface area contributed by atoms with Crippen molar-refractivity contribution in [2.45, 2.75) is 6.61 Å².